The Bertz CT molecular complexity index is 636. The smallest absolute Gasteiger partial charge is 0.126 e. The summed E-state index contributed by atoms with van der Waals surface area (Å²) in [6.07, 6.45) is 0. The first-order valence-electron chi connectivity index (χ1n) is 7.38. The molecule has 1 N–H and O–H groups in total. The highest BCUT2D eigenvalue weighted by Gasteiger charge is 2.09. The van der Waals surface area contributed by atoms with Crippen molar-refractivity contribution in [1.82, 2.24) is 0 Å². The highest BCUT2D eigenvalue weighted by atomic mass is 16.5. The van der Waals surface area contributed by atoms with Crippen LogP contribution in [0.15, 0.2) is 24.3 Å². The fraction of sp³-hybridized carbons (Fsp3) is 0.368. The minimum Gasteiger partial charge on any atom is -0.496 e. The molecule has 0 fully saturated rings. The first-order chi connectivity index (χ1) is 9.93. The van der Waals surface area contributed by atoms with Crippen molar-refractivity contribution in [3.63, 3.8) is 0 Å². The van der Waals surface area contributed by atoms with E-state index in [9.17, 15) is 0 Å². The first kappa shape index (κ1) is 15.4. The van der Waals surface area contributed by atoms with Gasteiger partial charge in [0.25, 0.3) is 0 Å². The molecular formula is C19H25NO. The zero-order valence-electron chi connectivity index (χ0n) is 13.9. The van der Waals surface area contributed by atoms with Crippen LogP contribution in [0.2, 0.25) is 0 Å². The third-order valence-corrected chi connectivity index (χ3v) is 4.10. The molecule has 2 aromatic rings. The molecule has 0 bridgehead atoms. The van der Waals surface area contributed by atoms with Crippen molar-refractivity contribution in [2.24, 2.45) is 0 Å². The van der Waals surface area contributed by atoms with Crippen molar-refractivity contribution in [2.75, 3.05) is 12.4 Å². The van der Waals surface area contributed by atoms with E-state index in [1.165, 1.54) is 33.4 Å². The number of aryl methyl sites for hydroxylation is 4. The van der Waals surface area contributed by atoms with Crippen LogP contribution in [0.5, 0.6) is 5.75 Å². The largest absolute Gasteiger partial charge is 0.496 e. The molecule has 0 saturated heterocycles. The number of hydrogen-bond acceptors (Lipinski definition) is 2. The number of nitrogens with one attached hydrogen (secondary N) is 1. The van der Waals surface area contributed by atoms with Crippen LogP contribution in [0.25, 0.3) is 0 Å². The monoisotopic (exact) mass is 283 g/mol. The van der Waals surface area contributed by atoms with Crippen LogP contribution in [0.3, 0.4) is 0 Å². The van der Waals surface area contributed by atoms with Crippen LogP contribution in [0.1, 0.15) is 33.4 Å². The number of rotatable bonds is 4. The molecule has 2 nitrogen and oxygen atoms in total. The Morgan fingerprint density at radius 3 is 2.10 bits per heavy atom. The summed E-state index contributed by atoms with van der Waals surface area (Å²) in [6, 6.07) is 8.72. The number of hydrogen-bond donors (Lipinski definition) is 1. The van der Waals surface area contributed by atoms with E-state index < -0.39 is 0 Å². The van der Waals surface area contributed by atoms with Crippen LogP contribution in [-0.4, -0.2) is 7.11 Å². The normalized spacial score (nSPS) is 10.6. The van der Waals surface area contributed by atoms with Crippen molar-refractivity contribution >= 4 is 5.69 Å². The van der Waals surface area contributed by atoms with Crippen molar-refractivity contribution in [2.45, 2.75) is 41.2 Å². The Morgan fingerprint density at radius 1 is 0.905 bits per heavy atom. The third-order valence-electron chi connectivity index (χ3n) is 4.10. The fourth-order valence-electron chi connectivity index (χ4n) is 3.01. The molecule has 0 atom stereocenters. The summed E-state index contributed by atoms with van der Waals surface area (Å²) < 4.78 is 5.49. The average molecular weight is 283 g/mol. The zero-order valence-corrected chi connectivity index (χ0v) is 13.9. The van der Waals surface area contributed by atoms with E-state index in [1.54, 1.807) is 7.11 Å². The highest BCUT2D eigenvalue weighted by molar-refractivity contribution is 5.60. The van der Waals surface area contributed by atoms with Crippen molar-refractivity contribution in [1.29, 1.82) is 0 Å². The van der Waals surface area contributed by atoms with Gasteiger partial charge >= 0.3 is 0 Å². The summed E-state index contributed by atoms with van der Waals surface area (Å²) in [7, 11) is 1.73. The quantitative estimate of drug-likeness (QED) is 0.866. The molecule has 0 aliphatic carbocycles. The first-order valence-corrected chi connectivity index (χ1v) is 7.38. The zero-order chi connectivity index (χ0) is 15.6. The molecule has 21 heavy (non-hydrogen) atoms. The van der Waals surface area contributed by atoms with Crippen LogP contribution in [-0.2, 0) is 6.54 Å². The SMILES string of the molecule is COc1c(C)ccc(NCc2c(C)cc(C)cc2C)c1C. The molecule has 0 amide bonds. The van der Waals surface area contributed by atoms with Gasteiger partial charge in [0.15, 0.2) is 0 Å². The molecule has 112 valence electrons. The number of benzene rings is 2. The van der Waals surface area contributed by atoms with E-state index in [4.69, 9.17) is 4.74 Å². The van der Waals surface area contributed by atoms with Crippen LogP contribution >= 0.6 is 0 Å². The van der Waals surface area contributed by atoms with E-state index in [1.807, 2.05) is 0 Å². The molecule has 0 spiro atoms. The Labute approximate surface area is 128 Å². The summed E-state index contributed by atoms with van der Waals surface area (Å²) in [6.45, 7) is 11.5. The van der Waals surface area contributed by atoms with E-state index in [2.05, 4.69) is 64.2 Å². The second kappa shape index (κ2) is 6.21. The minimum atomic E-state index is 0.838. The Morgan fingerprint density at radius 2 is 1.52 bits per heavy atom. The summed E-state index contributed by atoms with van der Waals surface area (Å²) in [5.41, 5.74) is 8.86. The highest BCUT2D eigenvalue weighted by Crippen LogP contribution is 2.29. The molecule has 0 aliphatic rings. The molecule has 0 heterocycles. The summed E-state index contributed by atoms with van der Waals surface area (Å²) in [4.78, 5) is 0. The molecule has 2 rings (SSSR count). The molecule has 0 radical (unpaired) electrons. The molecule has 2 aromatic carbocycles. The average Bonchev–Trinajstić information content (AvgIpc) is 2.40. The van der Waals surface area contributed by atoms with Gasteiger partial charge in [-0.2, -0.15) is 0 Å². The van der Waals surface area contributed by atoms with Gasteiger partial charge in [0.1, 0.15) is 5.75 Å². The van der Waals surface area contributed by atoms with Crippen LogP contribution in [0, 0.1) is 34.6 Å². The van der Waals surface area contributed by atoms with Crippen LogP contribution < -0.4 is 10.1 Å². The lowest BCUT2D eigenvalue weighted by atomic mass is 9.99. The maximum Gasteiger partial charge on any atom is 0.126 e. The maximum absolute atomic E-state index is 5.49. The molecule has 0 aromatic heterocycles. The molecular weight excluding hydrogens is 258 g/mol. The van der Waals surface area contributed by atoms with Crippen molar-refractivity contribution in [3.05, 3.63) is 57.6 Å². The topological polar surface area (TPSA) is 21.3 Å². The van der Waals surface area contributed by atoms with E-state index in [0.29, 0.717) is 0 Å². The Kier molecular flexibility index (Phi) is 4.56. The number of ether oxygens (including phenoxy) is 1. The van der Waals surface area contributed by atoms with Gasteiger partial charge < -0.3 is 10.1 Å². The fourth-order valence-corrected chi connectivity index (χ4v) is 3.01. The molecule has 0 saturated carbocycles. The Balaban J connectivity index is 2.25. The predicted molar refractivity (Wildman–Crippen MR) is 90.4 cm³/mol. The van der Waals surface area contributed by atoms with E-state index in [-0.39, 0.29) is 0 Å². The lowest BCUT2D eigenvalue weighted by Gasteiger charge is -2.17. The molecule has 2 heteroatoms. The standard InChI is InChI=1S/C19H25NO/c1-12-9-14(3)17(15(4)10-12)11-20-18-8-7-13(2)19(21-6)16(18)5/h7-10,20H,11H2,1-6H3. The van der Waals surface area contributed by atoms with Crippen molar-refractivity contribution in [3.8, 4) is 5.75 Å². The summed E-state index contributed by atoms with van der Waals surface area (Å²) >= 11 is 0. The maximum atomic E-state index is 5.49. The van der Waals surface area contributed by atoms with Crippen LogP contribution in [0.4, 0.5) is 5.69 Å². The second-order valence-electron chi connectivity index (χ2n) is 5.82. The minimum absolute atomic E-state index is 0.838. The summed E-state index contributed by atoms with van der Waals surface area (Å²) in [5.74, 6) is 0.970. The van der Waals surface area contributed by atoms with Gasteiger partial charge in [-0.05, 0) is 62.9 Å². The Hall–Kier alpha value is -1.96. The van der Waals surface area contributed by atoms with Gasteiger partial charge in [-0.15, -0.1) is 0 Å². The molecule has 0 aliphatic heterocycles. The molecule has 0 unspecified atom stereocenters. The second-order valence-corrected chi connectivity index (χ2v) is 5.82. The number of anilines is 1. The number of methoxy groups -OCH3 is 1. The third kappa shape index (κ3) is 3.21. The van der Waals surface area contributed by atoms with Crippen molar-refractivity contribution < 1.29 is 4.74 Å². The van der Waals surface area contributed by atoms with Gasteiger partial charge in [-0.1, -0.05) is 23.8 Å². The van der Waals surface area contributed by atoms with E-state index in [0.717, 1.165) is 18.0 Å². The predicted octanol–water partition coefficient (Wildman–Crippen LogP) is 4.85. The van der Waals surface area contributed by atoms with Gasteiger partial charge in [-0.3, -0.25) is 0 Å². The lowest BCUT2D eigenvalue weighted by molar-refractivity contribution is 0.409. The van der Waals surface area contributed by atoms with Gasteiger partial charge in [-0.25, -0.2) is 0 Å². The summed E-state index contributed by atoms with van der Waals surface area (Å²) in [5, 5.41) is 3.55. The van der Waals surface area contributed by atoms with Gasteiger partial charge in [0, 0.05) is 17.8 Å². The lowest BCUT2D eigenvalue weighted by Crippen LogP contribution is -2.06. The van der Waals surface area contributed by atoms with Gasteiger partial charge in [0.05, 0.1) is 7.11 Å². The van der Waals surface area contributed by atoms with Gasteiger partial charge in [0.2, 0.25) is 0 Å². The van der Waals surface area contributed by atoms with E-state index >= 15 is 0 Å².